The van der Waals surface area contributed by atoms with Gasteiger partial charge in [0, 0.05) is 22.5 Å². The van der Waals surface area contributed by atoms with E-state index in [1.807, 2.05) is 84.9 Å². The van der Waals surface area contributed by atoms with Crippen molar-refractivity contribution in [2.45, 2.75) is 6.54 Å². The van der Waals surface area contributed by atoms with Crippen molar-refractivity contribution in [3.8, 4) is 11.1 Å². The Hall–Kier alpha value is -3.15. The van der Waals surface area contributed by atoms with Crippen LogP contribution in [0.3, 0.4) is 0 Å². The summed E-state index contributed by atoms with van der Waals surface area (Å²) in [5.74, 6) is 0. The Morgan fingerprint density at radius 3 is 2.45 bits per heavy atom. The minimum atomic E-state index is 0.416. The molecule has 0 radical (unpaired) electrons. The first-order valence-corrected chi connectivity index (χ1v) is 9.88. The third kappa shape index (κ3) is 4.83. The third-order valence-corrected chi connectivity index (χ3v) is 4.85. The molecule has 0 aliphatic rings. The van der Waals surface area contributed by atoms with E-state index in [9.17, 15) is 0 Å². The first-order valence-electron chi connectivity index (χ1n) is 9.09. The maximum atomic E-state index is 6.04. The van der Waals surface area contributed by atoms with Crippen LogP contribution in [0.2, 0.25) is 5.02 Å². The van der Waals surface area contributed by atoms with Crippen molar-refractivity contribution in [3.63, 3.8) is 0 Å². The van der Waals surface area contributed by atoms with Gasteiger partial charge >= 0.3 is 0 Å². The predicted molar refractivity (Wildman–Crippen MR) is 121 cm³/mol. The first-order chi connectivity index (χ1) is 14.2. The molecular weight excluding hydrogens is 402 g/mol. The topological polar surface area (TPSA) is 49.6 Å². The summed E-state index contributed by atoms with van der Waals surface area (Å²) in [5, 5.41) is 9.63. The second kappa shape index (κ2) is 8.90. The number of thiocarbonyl (C=S) groups is 1. The van der Waals surface area contributed by atoms with E-state index in [2.05, 4.69) is 15.8 Å². The van der Waals surface area contributed by atoms with Crippen LogP contribution in [0.5, 0.6) is 0 Å². The van der Waals surface area contributed by atoms with E-state index < -0.39 is 0 Å². The third-order valence-electron chi connectivity index (χ3n) is 4.37. The molecule has 0 atom stereocenters. The highest BCUT2D eigenvalue weighted by Crippen LogP contribution is 2.22. The summed E-state index contributed by atoms with van der Waals surface area (Å²) < 4.78 is 6.04. The lowest BCUT2D eigenvalue weighted by molar-refractivity contribution is 0.532. The van der Waals surface area contributed by atoms with Crippen molar-refractivity contribution < 1.29 is 4.42 Å². The summed E-state index contributed by atoms with van der Waals surface area (Å²) in [5.41, 5.74) is 7.00. The molecule has 1 aromatic heterocycles. The molecule has 0 aliphatic carbocycles. The highest BCUT2D eigenvalue weighted by molar-refractivity contribution is 7.80. The average Bonchev–Trinajstić information content (AvgIpc) is 2.77. The van der Waals surface area contributed by atoms with Gasteiger partial charge in [0.05, 0.1) is 0 Å². The van der Waals surface area contributed by atoms with Crippen LogP contribution < -0.4 is 16.3 Å². The normalized spacial score (nSPS) is 11.4. The van der Waals surface area contributed by atoms with Crippen LogP contribution in [0.25, 0.3) is 22.1 Å². The number of rotatable bonds is 4. The average molecular weight is 420 g/mol. The van der Waals surface area contributed by atoms with Crippen molar-refractivity contribution in [2.75, 3.05) is 0 Å². The summed E-state index contributed by atoms with van der Waals surface area (Å²) in [6.07, 6.45) is 0. The molecule has 4 aromatic rings. The zero-order valence-corrected chi connectivity index (χ0v) is 17.0. The molecule has 3 aromatic carbocycles. The lowest BCUT2D eigenvalue weighted by Gasteiger charge is -2.08. The minimum absolute atomic E-state index is 0.416. The van der Waals surface area contributed by atoms with Gasteiger partial charge in [-0.1, -0.05) is 72.3 Å². The lowest BCUT2D eigenvalue weighted by Crippen LogP contribution is -2.33. The van der Waals surface area contributed by atoms with E-state index in [0.29, 0.717) is 22.2 Å². The zero-order valence-electron chi connectivity index (χ0n) is 15.4. The molecule has 29 heavy (non-hydrogen) atoms. The van der Waals surface area contributed by atoms with Crippen molar-refractivity contribution in [1.82, 2.24) is 10.7 Å². The molecule has 6 heteroatoms. The molecule has 4 rings (SSSR count). The van der Waals surface area contributed by atoms with E-state index in [0.717, 1.165) is 27.7 Å². The fourth-order valence-electron chi connectivity index (χ4n) is 2.91. The van der Waals surface area contributed by atoms with E-state index in [4.69, 9.17) is 28.2 Å². The maximum absolute atomic E-state index is 6.04. The number of hydrogen-bond donors (Lipinski definition) is 2. The standard InChI is InChI=1S/C23H18ClN3OS/c24-19-12-10-17(11-13-19)20-14-18-8-4-5-9-21(18)28-22(20)26-27-23(29)25-15-16-6-2-1-3-7-16/h1-14H,15H2,(H2,25,27,29)/b26-22+. The molecule has 4 nitrogen and oxygen atoms in total. The SMILES string of the molecule is S=C(NCc1ccccc1)N/N=c1/oc2ccccc2cc1-c1ccc(Cl)cc1. The number of halogens is 1. The second-order valence-corrected chi connectivity index (χ2v) is 7.25. The number of nitrogens with one attached hydrogen (secondary N) is 2. The van der Waals surface area contributed by atoms with Gasteiger partial charge < -0.3 is 9.73 Å². The Morgan fingerprint density at radius 1 is 0.931 bits per heavy atom. The monoisotopic (exact) mass is 419 g/mol. The van der Waals surface area contributed by atoms with Crippen LogP contribution in [0.15, 0.2) is 94.4 Å². The largest absolute Gasteiger partial charge is 0.436 e. The Bertz CT molecular complexity index is 1200. The van der Waals surface area contributed by atoms with Crippen molar-refractivity contribution >= 4 is 39.9 Å². The Labute approximate surface area is 178 Å². The first kappa shape index (κ1) is 19.2. The summed E-state index contributed by atoms with van der Waals surface area (Å²) in [4.78, 5) is 0. The Balaban J connectivity index is 1.63. The van der Waals surface area contributed by atoms with Crippen molar-refractivity contribution in [3.05, 3.63) is 101 Å². The van der Waals surface area contributed by atoms with E-state index >= 15 is 0 Å². The number of hydrogen-bond acceptors (Lipinski definition) is 3. The van der Waals surface area contributed by atoms with Crippen LogP contribution in [0.1, 0.15) is 5.56 Å². The smallest absolute Gasteiger partial charge is 0.244 e. The molecular formula is C23H18ClN3OS. The van der Waals surface area contributed by atoms with Crippen molar-refractivity contribution in [1.29, 1.82) is 0 Å². The van der Waals surface area contributed by atoms with Gasteiger partial charge in [-0.25, -0.2) is 0 Å². The highest BCUT2D eigenvalue weighted by Gasteiger charge is 2.07. The summed E-state index contributed by atoms with van der Waals surface area (Å²) in [6.45, 7) is 0.612. The van der Waals surface area contributed by atoms with Gasteiger partial charge in [0.25, 0.3) is 0 Å². The van der Waals surface area contributed by atoms with E-state index in [-0.39, 0.29) is 0 Å². The fraction of sp³-hybridized carbons (Fsp3) is 0.0435. The van der Waals surface area contributed by atoms with Crippen LogP contribution in [0.4, 0.5) is 0 Å². The van der Waals surface area contributed by atoms with Gasteiger partial charge in [0.2, 0.25) is 5.55 Å². The van der Waals surface area contributed by atoms with Gasteiger partial charge in [-0.15, -0.1) is 5.10 Å². The van der Waals surface area contributed by atoms with Gasteiger partial charge in [-0.3, -0.25) is 5.43 Å². The second-order valence-electron chi connectivity index (χ2n) is 6.40. The van der Waals surface area contributed by atoms with Crippen LogP contribution >= 0.6 is 23.8 Å². The van der Waals surface area contributed by atoms with Crippen molar-refractivity contribution in [2.24, 2.45) is 5.10 Å². The van der Waals surface area contributed by atoms with Crippen LogP contribution in [-0.2, 0) is 6.54 Å². The zero-order chi connectivity index (χ0) is 20.1. The quantitative estimate of drug-likeness (QED) is 0.351. The Morgan fingerprint density at radius 2 is 1.66 bits per heavy atom. The van der Waals surface area contributed by atoms with E-state index in [1.165, 1.54) is 0 Å². The molecule has 0 bridgehead atoms. The fourth-order valence-corrected chi connectivity index (χ4v) is 3.15. The predicted octanol–water partition coefficient (Wildman–Crippen LogP) is 5.23. The van der Waals surface area contributed by atoms with Gasteiger partial charge in [0.15, 0.2) is 5.11 Å². The molecule has 0 aliphatic heterocycles. The molecule has 0 amide bonds. The summed E-state index contributed by atoms with van der Waals surface area (Å²) >= 11 is 11.4. The number of para-hydroxylation sites is 1. The van der Waals surface area contributed by atoms with Gasteiger partial charge in [-0.05, 0) is 47.6 Å². The molecule has 144 valence electrons. The molecule has 1 heterocycles. The molecule has 0 fully saturated rings. The number of nitrogens with zero attached hydrogens (tertiary/aromatic N) is 1. The van der Waals surface area contributed by atoms with Crippen LogP contribution in [-0.4, -0.2) is 5.11 Å². The van der Waals surface area contributed by atoms with E-state index in [1.54, 1.807) is 0 Å². The van der Waals surface area contributed by atoms with Crippen LogP contribution in [0, 0.1) is 0 Å². The number of benzene rings is 3. The number of fused-ring (bicyclic) bond motifs is 1. The molecule has 0 saturated carbocycles. The lowest BCUT2D eigenvalue weighted by atomic mass is 10.1. The Kier molecular flexibility index (Phi) is 5.89. The summed E-state index contributed by atoms with van der Waals surface area (Å²) in [7, 11) is 0. The van der Waals surface area contributed by atoms with Gasteiger partial charge in [0.1, 0.15) is 5.58 Å². The molecule has 0 unspecified atom stereocenters. The molecule has 0 saturated heterocycles. The summed E-state index contributed by atoms with van der Waals surface area (Å²) in [6, 6.07) is 27.4. The molecule has 0 spiro atoms. The molecule has 2 N–H and O–H groups in total. The maximum Gasteiger partial charge on any atom is 0.244 e. The highest BCUT2D eigenvalue weighted by atomic mass is 35.5. The minimum Gasteiger partial charge on any atom is -0.436 e. The van der Waals surface area contributed by atoms with Gasteiger partial charge in [-0.2, -0.15) is 0 Å².